The Bertz CT molecular complexity index is 381. The Labute approximate surface area is 102 Å². The van der Waals surface area contributed by atoms with Gasteiger partial charge in [-0.1, -0.05) is 6.92 Å². The molecule has 1 saturated heterocycles. The number of nitrogens with one attached hydrogen (secondary N) is 1. The van der Waals surface area contributed by atoms with Crippen LogP contribution in [0, 0.1) is 5.92 Å². The number of methoxy groups -OCH3 is 1. The molecule has 1 heterocycles. The second kappa shape index (κ2) is 5.27. The van der Waals surface area contributed by atoms with Crippen LogP contribution in [0.3, 0.4) is 0 Å². The largest absolute Gasteiger partial charge is 0.504 e. The standard InChI is InChI=1S/C13H19NO3/c1-9-8-17-6-5-11(9)14-10-3-4-13(16-2)12(15)7-10/h3-4,7,9,11,14-15H,5-6,8H2,1-2H3. The van der Waals surface area contributed by atoms with Crippen molar-refractivity contribution < 1.29 is 14.6 Å². The molecule has 2 unspecified atom stereocenters. The van der Waals surface area contributed by atoms with Gasteiger partial charge in [0.05, 0.1) is 13.7 Å². The summed E-state index contributed by atoms with van der Waals surface area (Å²) in [6.45, 7) is 3.75. The SMILES string of the molecule is COc1ccc(NC2CCOCC2C)cc1O. The van der Waals surface area contributed by atoms with Gasteiger partial charge in [0.1, 0.15) is 0 Å². The molecule has 1 fully saturated rings. The van der Waals surface area contributed by atoms with Crippen molar-refractivity contribution in [1.82, 2.24) is 0 Å². The van der Waals surface area contributed by atoms with E-state index in [9.17, 15) is 5.11 Å². The minimum atomic E-state index is 0.164. The monoisotopic (exact) mass is 237 g/mol. The Morgan fingerprint density at radius 2 is 2.29 bits per heavy atom. The van der Waals surface area contributed by atoms with E-state index in [-0.39, 0.29) is 5.75 Å². The maximum absolute atomic E-state index is 9.70. The molecule has 1 aliphatic heterocycles. The summed E-state index contributed by atoms with van der Waals surface area (Å²) >= 11 is 0. The number of rotatable bonds is 3. The lowest BCUT2D eigenvalue weighted by Crippen LogP contribution is -2.35. The molecule has 0 saturated carbocycles. The normalized spacial score (nSPS) is 24.4. The van der Waals surface area contributed by atoms with E-state index < -0.39 is 0 Å². The number of phenols is 1. The Hall–Kier alpha value is -1.42. The predicted molar refractivity (Wildman–Crippen MR) is 66.7 cm³/mol. The third-order valence-corrected chi connectivity index (χ3v) is 3.17. The van der Waals surface area contributed by atoms with Gasteiger partial charge in [0, 0.05) is 24.4 Å². The molecule has 0 bridgehead atoms. The van der Waals surface area contributed by atoms with Crippen LogP contribution < -0.4 is 10.1 Å². The average Bonchev–Trinajstić information content (AvgIpc) is 2.32. The lowest BCUT2D eigenvalue weighted by atomic mass is 9.97. The van der Waals surface area contributed by atoms with E-state index in [4.69, 9.17) is 9.47 Å². The zero-order valence-electron chi connectivity index (χ0n) is 10.3. The van der Waals surface area contributed by atoms with E-state index in [0.29, 0.717) is 17.7 Å². The van der Waals surface area contributed by atoms with Gasteiger partial charge < -0.3 is 19.9 Å². The first-order valence-electron chi connectivity index (χ1n) is 5.92. The minimum absolute atomic E-state index is 0.164. The molecular formula is C13H19NO3. The molecule has 1 aromatic rings. The topological polar surface area (TPSA) is 50.7 Å². The molecule has 0 aliphatic carbocycles. The van der Waals surface area contributed by atoms with E-state index in [0.717, 1.165) is 25.3 Å². The second-order valence-corrected chi connectivity index (χ2v) is 4.48. The van der Waals surface area contributed by atoms with Gasteiger partial charge in [-0.05, 0) is 24.5 Å². The highest BCUT2D eigenvalue weighted by molar-refractivity contribution is 5.54. The minimum Gasteiger partial charge on any atom is -0.504 e. The molecule has 94 valence electrons. The Kier molecular flexibility index (Phi) is 3.74. The lowest BCUT2D eigenvalue weighted by Gasteiger charge is -2.30. The summed E-state index contributed by atoms with van der Waals surface area (Å²) in [4.78, 5) is 0. The number of phenolic OH excluding ortho intramolecular Hbond substituents is 1. The molecule has 0 radical (unpaired) electrons. The molecule has 1 aliphatic rings. The number of hydrogen-bond donors (Lipinski definition) is 2. The summed E-state index contributed by atoms with van der Waals surface area (Å²) in [6.07, 6.45) is 0.994. The smallest absolute Gasteiger partial charge is 0.160 e. The highest BCUT2D eigenvalue weighted by atomic mass is 16.5. The molecule has 2 N–H and O–H groups in total. The van der Waals surface area contributed by atoms with E-state index >= 15 is 0 Å². The second-order valence-electron chi connectivity index (χ2n) is 4.48. The van der Waals surface area contributed by atoms with Crippen molar-refractivity contribution in [2.24, 2.45) is 5.92 Å². The molecule has 0 spiro atoms. The molecule has 4 nitrogen and oxygen atoms in total. The van der Waals surface area contributed by atoms with Crippen molar-refractivity contribution in [3.8, 4) is 11.5 Å². The fourth-order valence-electron chi connectivity index (χ4n) is 2.09. The van der Waals surface area contributed by atoms with Crippen LogP contribution in [-0.2, 0) is 4.74 Å². The summed E-state index contributed by atoms with van der Waals surface area (Å²) in [6, 6.07) is 5.78. The Morgan fingerprint density at radius 3 is 2.94 bits per heavy atom. The molecule has 2 atom stereocenters. The van der Waals surface area contributed by atoms with Crippen LogP contribution >= 0.6 is 0 Å². The number of aromatic hydroxyl groups is 1. The number of anilines is 1. The molecule has 0 aromatic heterocycles. The zero-order valence-corrected chi connectivity index (χ0v) is 10.3. The van der Waals surface area contributed by atoms with Crippen LogP contribution in [0.2, 0.25) is 0 Å². The zero-order chi connectivity index (χ0) is 12.3. The maximum Gasteiger partial charge on any atom is 0.160 e. The summed E-state index contributed by atoms with van der Waals surface area (Å²) in [5.41, 5.74) is 0.919. The third kappa shape index (κ3) is 2.82. The van der Waals surface area contributed by atoms with Crippen molar-refractivity contribution in [1.29, 1.82) is 0 Å². The molecule has 0 amide bonds. The van der Waals surface area contributed by atoms with Gasteiger partial charge in [0.25, 0.3) is 0 Å². The van der Waals surface area contributed by atoms with Gasteiger partial charge in [-0.3, -0.25) is 0 Å². The van der Waals surface area contributed by atoms with Crippen molar-refractivity contribution in [2.45, 2.75) is 19.4 Å². The summed E-state index contributed by atoms with van der Waals surface area (Å²) in [7, 11) is 1.54. The summed E-state index contributed by atoms with van der Waals surface area (Å²) < 4.78 is 10.4. The van der Waals surface area contributed by atoms with Gasteiger partial charge in [-0.25, -0.2) is 0 Å². The van der Waals surface area contributed by atoms with Crippen molar-refractivity contribution >= 4 is 5.69 Å². The van der Waals surface area contributed by atoms with Gasteiger partial charge in [0.15, 0.2) is 11.5 Å². The molecule has 2 rings (SSSR count). The van der Waals surface area contributed by atoms with Gasteiger partial charge in [-0.15, -0.1) is 0 Å². The molecular weight excluding hydrogens is 218 g/mol. The molecule has 1 aromatic carbocycles. The fraction of sp³-hybridized carbons (Fsp3) is 0.538. The first-order valence-corrected chi connectivity index (χ1v) is 5.92. The van der Waals surface area contributed by atoms with Crippen LogP contribution in [0.15, 0.2) is 18.2 Å². The molecule has 17 heavy (non-hydrogen) atoms. The first-order chi connectivity index (χ1) is 8.20. The Balaban J connectivity index is 2.05. The average molecular weight is 237 g/mol. The summed E-state index contributed by atoms with van der Waals surface area (Å²) in [5.74, 6) is 1.14. The van der Waals surface area contributed by atoms with Crippen molar-refractivity contribution in [2.75, 3.05) is 25.6 Å². The van der Waals surface area contributed by atoms with Crippen LogP contribution in [0.4, 0.5) is 5.69 Å². The quantitative estimate of drug-likeness (QED) is 0.846. The summed E-state index contributed by atoms with van der Waals surface area (Å²) in [5, 5.41) is 13.1. The maximum atomic E-state index is 9.70. The predicted octanol–water partition coefficient (Wildman–Crippen LogP) is 2.24. The van der Waals surface area contributed by atoms with Crippen molar-refractivity contribution in [3.63, 3.8) is 0 Å². The first kappa shape index (κ1) is 12.0. The number of benzene rings is 1. The lowest BCUT2D eigenvalue weighted by molar-refractivity contribution is 0.0537. The fourth-order valence-corrected chi connectivity index (χ4v) is 2.09. The van der Waals surface area contributed by atoms with Gasteiger partial charge in [0.2, 0.25) is 0 Å². The van der Waals surface area contributed by atoms with Crippen LogP contribution in [-0.4, -0.2) is 31.5 Å². The van der Waals surface area contributed by atoms with E-state index in [1.54, 1.807) is 19.2 Å². The van der Waals surface area contributed by atoms with Crippen molar-refractivity contribution in [3.05, 3.63) is 18.2 Å². The highest BCUT2D eigenvalue weighted by Crippen LogP contribution is 2.30. The van der Waals surface area contributed by atoms with Gasteiger partial charge in [-0.2, -0.15) is 0 Å². The van der Waals surface area contributed by atoms with Gasteiger partial charge >= 0.3 is 0 Å². The number of hydrogen-bond acceptors (Lipinski definition) is 4. The molecule has 4 heteroatoms. The van der Waals surface area contributed by atoms with Crippen LogP contribution in [0.25, 0.3) is 0 Å². The van der Waals surface area contributed by atoms with E-state index in [1.807, 2.05) is 6.07 Å². The number of ether oxygens (including phenoxy) is 2. The highest BCUT2D eigenvalue weighted by Gasteiger charge is 2.21. The van der Waals surface area contributed by atoms with Crippen LogP contribution in [0.1, 0.15) is 13.3 Å². The third-order valence-electron chi connectivity index (χ3n) is 3.17. The van der Waals surface area contributed by atoms with E-state index in [2.05, 4.69) is 12.2 Å². The van der Waals surface area contributed by atoms with E-state index in [1.165, 1.54) is 0 Å². The Morgan fingerprint density at radius 1 is 1.47 bits per heavy atom. The van der Waals surface area contributed by atoms with Crippen LogP contribution in [0.5, 0.6) is 11.5 Å².